The van der Waals surface area contributed by atoms with Gasteiger partial charge in [0.2, 0.25) is 0 Å². The Morgan fingerprint density at radius 2 is 1.82 bits per heavy atom. The zero-order chi connectivity index (χ0) is 16.8. The summed E-state index contributed by atoms with van der Waals surface area (Å²) in [5.41, 5.74) is 0.346. The van der Waals surface area contributed by atoms with Crippen molar-refractivity contribution in [3.05, 3.63) is 29.8 Å². The van der Waals surface area contributed by atoms with Gasteiger partial charge in [-0.05, 0) is 58.7 Å². The first-order valence-electron chi connectivity index (χ1n) is 7.58. The molecule has 0 aliphatic rings. The summed E-state index contributed by atoms with van der Waals surface area (Å²) in [6, 6.07) is 7.19. The molecule has 1 unspecified atom stereocenters. The van der Waals surface area contributed by atoms with E-state index in [2.05, 4.69) is 5.32 Å². The molecule has 0 aromatic heterocycles. The van der Waals surface area contributed by atoms with E-state index < -0.39 is 11.7 Å². The number of carbonyl (C=O) groups is 1. The van der Waals surface area contributed by atoms with Gasteiger partial charge >= 0.3 is 6.09 Å². The smallest absolute Gasteiger partial charge is 0.408 e. The van der Waals surface area contributed by atoms with Crippen LogP contribution in [0.1, 0.15) is 52.6 Å². The van der Waals surface area contributed by atoms with Crippen LogP contribution < -0.4 is 10.1 Å². The van der Waals surface area contributed by atoms with Gasteiger partial charge in [-0.3, -0.25) is 0 Å². The second-order valence-corrected chi connectivity index (χ2v) is 6.45. The molecule has 1 amide bonds. The van der Waals surface area contributed by atoms with Crippen LogP contribution in [0.3, 0.4) is 0 Å². The second-order valence-electron chi connectivity index (χ2n) is 6.45. The van der Waals surface area contributed by atoms with E-state index >= 15 is 0 Å². The Hall–Kier alpha value is -1.75. The highest BCUT2D eigenvalue weighted by Gasteiger charge is 2.20. The molecule has 0 fully saturated rings. The summed E-state index contributed by atoms with van der Waals surface area (Å²) in [6.07, 6.45) is 0.0383. The van der Waals surface area contributed by atoms with Gasteiger partial charge < -0.3 is 19.9 Å². The molecule has 124 valence electrons. The lowest BCUT2D eigenvalue weighted by Crippen LogP contribution is -2.35. The summed E-state index contributed by atoms with van der Waals surface area (Å²) in [5, 5.41) is 12.0. The highest BCUT2D eigenvalue weighted by Crippen LogP contribution is 2.21. The molecule has 22 heavy (non-hydrogen) atoms. The molecule has 0 bridgehead atoms. The van der Waals surface area contributed by atoms with Gasteiger partial charge in [-0.1, -0.05) is 12.1 Å². The van der Waals surface area contributed by atoms with E-state index in [-0.39, 0.29) is 18.8 Å². The zero-order valence-corrected chi connectivity index (χ0v) is 14.1. The number of alkyl carbamates (subject to hydrolysis) is 1. The number of benzene rings is 1. The number of aliphatic hydroxyl groups is 1. The molecule has 1 aromatic rings. The van der Waals surface area contributed by atoms with Gasteiger partial charge in [0.1, 0.15) is 11.4 Å². The minimum Gasteiger partial charge on any atom is -0.491 e. The number of hydrogen-bond acceptors (Lipinski definition) is 4. The first kappa shape index (κ1) is 18.3. The maximum atomic E-state index is 11.9. The summed E-state index contributed by atoms with van der Waals surface area (Å²) in [4.78, 5) is 11.9. The van der Waals surface area contributed by atoms with Gasteiger partial charge in [0, 0.05) is 6.61 Å². The molecule has 0 aliphatic carbocycles. The Kier molecular flexibility index (Phi) is 6.68. The van der Waals surface area contributed by atoms with E-state index in [0.717, 1.165) is 11.3 Å². The SMILES string of the molecule is CC(C)Oc1ccc(C(CCO)NC(=O)OC(C)(C)C)cc1. The molecule has 0 saturated carbocycles. The van der Waals surface area contributed by atoms with Crippen LogP contribution in [0.4, 0.5) is 4.79 Å². The number of nitrogens with one attached hydrogen (secondary N) is 1. The van der Waals surface area contributed by atoms with Crippen molar-refractivity contribution in [3.8, 4) is 5.75 Å². The van der Waals surface area contributed by atoms with Gasteiger partial charge in [-0.15, -0.1) is 0 Å². The van der Waals surface area contributed by atoms with Crippen LogP contribution in [0, 0.1) is 0 Å². The maximum Gasteiger partial charge on any atom is 0.408 e. The van der Waals surface area contributed by atoms with Crippen molar-refractivity contribution in [1.29, 1.82) is 0 Å². The van der Waals surface area contributed by atoms with E-state index in [9.17, 15) is 9.90 Å². The fourth-order valence-corrected chi connectivity index (χ4v) is 1.95. The minimum absolute atomic E-state index is 0.0231. The van der Waals surface area contributed by atoms with Crippen LogP contribution in [0.5, 0.6) is 5.75 Å². The van der Waals surface area contributed by atoms with Gasteiger partial charge in [0.25, 0.3) is 0 Å². The van der Waals surface area contributed by atoms with E-state index in [1.54, 1.807) is 0 Å². The zero-order valence-electron chi connectivity index (χ0n) is 14.1. The molecular weight excluding hydrogens is 282 g/mol. The van der Waals surface area contributed by atoms with E-state index in [1.165, 1.54) is 0 Å². The van der Waals surface area contributed by atoms with Gasteiger partial charge in [-0.25, -0.2) is 4.79 Å². The monoisotopic (exact) mass is 309 g/mol. The molecule has 1 atom stereocenters. The van der Waals surface area contributed by atoms with Crippen LogP contribution in [0.2, 0.25) is 0 Å². The average molecular weight is 309 g/mol. The van der Waals surface area contributed by atoms with Crippen LogP contribution in [0.15, 0.2) is 24.3 Å². The first-order valence-corrected chi connectivity index (χ1v) is 7.58. The molecule has 2 N–H and O–H groups in total. The molecule has 5 heteroatoms. The molecule has 0 aliphatic heterocycles. The fourth-order valence-electron chi connectivity index (χ4n) is 1.95. The third-order valence-electron chi connectivity index (χ3n) is 2.76. The molecule has 1 aromatic carbocycles. The Morgan fingerprint density at radius 1 is 1.23 bits per heavy atom. The molecule has 0 radical (unpaired) electrons. The molecule has 0 saturated heterocycles. The van der Waals surface area contributed by atoms with E-state index in [4.69, 9.17) is 9.47 Å². The van der Waals surface area contributed by atoms with Gasteiger partial charge in [0.15, 0.2) is 0 Å². The van der Waals surface area contributed by atoms with Gasteiger partial charge in [0.05, 0.1) is 12.1 Å². The number of amides is 1. The minimum atomic E-state index is -0.553. The molecule has 1 rings (SSSR count). The van der Waals surface area contributed by atoms with Crippen molar-refractivity contribution < 1.29 is 19.4 Å². The molecule has 5 nitrogen and oxygen atoms in total. The average Bonchev–Trinajstić information content (AvgIpc) is 2.36. The summed E-state index contributed by atoms with van der Waals surface area (Å²) >= 11 is 0. The largest absolute Gasteiger partial charge is 0.491 e. The van der Waals surface area contributed by atoms with Crippen molar-refractivity contribution >= 4 is 6.09 Å². The number of aliphatic hydroxyl groups excluding tert-OH is 1. The van der Waals surface area contributed by atoms with Gasteiger partial charge in [-0.2, -0.15) is 0 Å². The highest BCUT2D eigenvalue weighted by molar-refractivity contribution is 5.68. The Labute approximate surface area is 132 Å². The van der Waals surface area contributed by atoms with Crippen molar-refractivity contribution in [2.75, 3.05) is 6.61 Å². The summed E-state index contributed by atoms with van der Waals surface area (Å²) in [6.45, 7) is 9.34. The highest BCUT2D eigenvalue weighted by atomic mass is 16.6. The topological polar surface area (TPSA) is 67.8 Å². The lowest BCUT2D eigenvalue weighted by Gasteiger charge is -2.23. The van der Waals surface area contributed by atoms with Crippen molar-refractivity contribution in [1.82, 2.24) is 5.32 Å². The second kappa shape index (κ2) is 8.03. The lowest BCUT2D eigenvalue weighted by atomic mass is 10.0. The number of ether oxygens (including phenoxy) is 2. The summed E-state index contributed by atoms with van der Waals surface area (Å²) in [7, 11) is 0. The lowest BCUT2D eigenvalue weighted by molar-refractivity contribution is 0.0496. The Bertz CT molecular complexity index is 463. The predicted molar refractivity (Wildman–Crippen MR) is 86.0 cm³/mol. The van der Waals surface area contributed by atoms with E-state index in [1.807, 2.05) is 58.9 Å². The summed E-state index contributed by atoms with van der Waals surface area (Å²) in [5.74, 6) is 0.777. The van der Waals surface area contributed by atoms with Crippen LogP contribution in [0.25, 0.3) is 0 Å². The number of hydrogen-bond donors (Lipinski definition) is 2. The van der Waals surface area contributed by atoms with E-state index in [0.29, 0.717) is 6.42 Å². The molecule has 0 heterocycles. The quantitative estimate of drug-likeness (QED) is 0.845. The van der Waals surface area contributed by atoms with Crippen molar-refractivity contribution in [2.24, 2.45) is 0 Å². The van der Waals surface area contributed by atoms with Crippen LogP contribution in [-0.4, -0.2) is 29.5 Å². The molecular formula is C17H27NO4. The third kappa shape index (κ3) is 6.80. The standard InChI is InChI=1S/C17H27NO4/c1-12(2)21-14-8-6-13(7-9-14)15(10-11-19)18-16(20)22-17(3,4)5/h6-9,12,15,19H,10-11H2,1-5H3,(H,18,20). The van der Waals surface area contributed by atoms with Crippen LogP contribution in [-0.2, 0) is 4.74 Å². The van der Waals surface area contributed by atoms with Crippen molar-refractivity contribution in [2.45, 2.75) is 58.8 Å². The normalized spacial score (nSPS) is 12.9. The number of rotatable bonds is 6. The van der Waals surface area contributed by atoms with Crippen molar-refractivity contribution in [3.63, 3.8) is 0 Å². The maximum absolute atomic E-state index is 11.9. The molecule has 0 spiro atoms. The third-order valence-corrected chi connectivity index (χ3v) is 2.76. The summed E-state index contributed by atoms with van der Waals surface area (Å²) < 4.78 is 10.9. The first-order chi connectivity index (χ1) is 10.2. The van der Waals surface area contributed by atoms with Crippen LogP contribution >= 0.6 is 0 Å². The fraction of sp³-hybridized carbons (Fsp3) is 0.588. The Balaban J connectivity index is 2.75. The Morgan fingerprint density at radius 3 is 2.27 bits per heavy atom. The predicted octanol–water partition coefficient (Wildman–Crippen LogP) is 3.42. The number of carbonyl (C=O) groups excluding carboxylic acids is 1.